The minimum absolute atomic E-state index is 0.0192. The van der Waals surface area contributed by atoms with Crippen LogP contribution in [0.2, 0.25) is 0 Å². The van der Waals surface area contributed by atoms with Crippen molar-refractivity contribution in [1.82, 2.24) is 0 Å². The minimum atomic E-state index is -4.23. The van der Waals surface area contributed by atoms with Crippen LogP contribution < -0.4 is 0 Å². The third-order valence-corrected chi connectivity index (χ3v) is 11.1. The van der Waals surface area contributed by atoms with Gasteiger partial charge in [0.25, 0.3) is 10.1 Å². The normalized spacial score (nSPS) is 44.3. The lowest BCUT2D eigenvalue weighted by Gasteiger charge is -2.67. The lowest BCUT2D eigenvalue weighted by Crippen LogP contribution is -2.80. The van der Waals surface area contributed by atoms with Crippen LogP contribution >= 0.6 is 0 Å². The van der Waals surface area contributed by atoms with Crippen molar-refractivity contribution in [3.8, 4) is 0 Å². The summed E-state index contributed by atoms with van der Waals surface area (Å²) in [5.74, 6) is -2.70. The molecule has 4 N–H and O–H groups in total. The Morgan fingerprint density at radius 3 is 2.35 bits per heavy atom. The number of aliphatic hydroxyl groups excluding tert-OH is 3. The lowest BCUT2D eigenvalue weighted by molar-refractivity contribution is -0.424. The van der Waals surface area contributed by atoms with E-state index in [2.05, 4.69) is 0 Å². The Morgan fingerprint density at radius 1 is 0.977 bits per heavy atom. The standard InChI is InChI=1S/C29H32O13S/c1-26-14-28(34)19-12-29(26,27(19,25(41-26)42-28)15-37-23(33)16-8-4-2-5-9-16)40-24-22(32)21(31)20(30)18(39-24)13-38-43(35,36)17-10-6-3-7-11-17/h2-11,18-22,24-25,30-32,34H,12-15H2,1H3/t18?,19-,20-,21+,22+,24?,25?,26+,27?,28-,29?/m1/s1. The Balaban J connectivity index is 1.14. The maximum absolute atomic E-state index is 12.9. The van der Waals surface area contributed by atoms with Gasteiger partial charge >= 0.3 is 5.97 Å². The van der Waals surface area contributed by atoms with Crippen LogP contribution in [0.3, 0.4) is 0 Å². The van der Waals surface area contributed by atoms with Gasteiger partial charge in [-0.1, -0.05) is 36.4 Å². The van der Waals surface area contributed by atoms with E-state index in [-0.39, 0.29) is 24.3 Å². The largest absolute Gasteiger partial charge is 0.461 e. The third-order valence-electron chi connectivity index (χ3n) is 9.81. The van der Waals surface area contributed by atoms with Crippen LogP contribution in [0.25, 0.3) is 0 Å². The first-order valence-corrected chi connectivity index (χ1v) is 15.4. The fourth-order valence-electron chi connectivity index (χ4n) is 7.67. The molecule has 4 heterocycles. The van der Waals surface area contributed by atoms with Crippen LogP contribution in [-0.4, -0.2) is 102 Å². The van der Waals surface area contributed by atoms with E-state index in [1.807, 2.05) is 0 Å². The van der Waals surface area contributed by atoms with E-state index in [1.165, 1.54) is 24.3 Å². The number of ether oxygens (including phenoxy) is 5. The van der Waals surface area contributed by atoms with Crippen molar-refractivity contribution < 1.29 is 61.5 Å². The van der Waals surface area contributed by atoms with Crippen molar-refractivity contribution in [2.75, 3.05) is 13.2 Å². The number of esters is 1. The second kappa shape index (κ2) is 9.75. The Morgan fingerprint density at radius 2 is 1.65 bits per heavy atom. The van der Waals surface area contributed by atoms with E-state index in [0.29, 0.717) is 5.56 Å². The number of hydrogen-bond donors (Lipinski definition) is 4. The molecule has 4 aliphatic heterocycles. The molecule has 0 amide bonds. The number of carbonyl (C=O) groups is 1. The average molecular weight is 621 g/mol. The molecule has 7 aliphatic rings. The van der Waals surface area contributed by atoms with Crippen molar-refractivity contribution in [2.24, 2.45) is 11.3 Å². The molecular formula is C29H32O13S. The van der Waals surface area contributed by atoms with Crippen LogP contribution in [0.1, 0.15) is 30.1 Å². The first-order valence-electron chi connectivity index (χ1n) is 14.0. The third kappa shape index (κ3) is 4.02. The Bertz CT molecular complexity index is 1510. The second-order valence-electron chi connectivity index (χ2n) is 12.1. The SMILES string of the molecule is C[C@@]12C[C@@]3(O)OC(O1)C1(COC(=O)c4ccccc4)[C@H]3CC12OC1OC(COS(=O)(=O)c2ccccc2)[C@@H](O)[C@H](O)[C@@H]1O. The van der Waals surface area contributed by atoms with E-state index in [0.717, 1.165) is 0 Å². The summed E-state index contributed by atoms with van der Waals surface area (Å²) in [6, 6.07) is 15.7. The summed E-state index contributed by atoms with van der Waals surface area (Å²) < 4.78 is 60.7. The highest BCUT2D eigenvalue weighted by Gasteiger charge is 2.94. The van der Waals surface area contributed by atoms with Gasteiger partial charge in [-0.15, -0.1) is 0 Å². The Labute approximate surface area is 247 Å². The van der Waals surface area contributed by atoms with Crippen molar-refractivity contribution >= 4 is 16.1 Å². The minimum Gasteiger partial charge on any atom is -0.461 e. The highest BCUT2D eigenvalue weighted by Crippen LogP contribution is 2.81. The van der Waals surface area contributed by atoms with E-state index in [9.17, 15) is 33.6 Å². The highest BCUT2D eigenvalue weighted by molar-refractivity contribution is 7.86. The molecule has 3 saturated carbocycles. The molecule has 7 fully saturated rings. The van der Waals surface area contributed by atoms with Gasteiger partial charge in [0, 0.05) is 12.3 Å². The second-order valence-corrected chi connectivity index (χ2v) is 13.7. The highest BCUT2D eigenvalue weighted by atomic mass is 32.2. The molecule has 6 bridgehead atoms. The van der Waals surface area contributed by atoms with Crippen molar-refractivity contribution in [1.29, 1.82) is 0 Å². The molecule has 43 heavy (non-hydrogen) atoms. The maximum Gasteiger partial charge on any atom is 0.338 e. The summed E-state index contributed by atoms with van der Waals surface area (Å²) in [7, 11) is -4.23. The number of hydrogen-bond acceptors (Lipinski definition) is 13. The van der Waals surface area contributed by atoms with E-state index < -0.39 is 88.0 Å². The first-order chi connectivity index (χ1) is 20.4. The van der Waals surface area contributed by atoms with Crippen LogP contribution in [0, 0.1) is 11.3 Å². The smallest absolute Gasteiger partial charge is 0.338 e. The molecule has 2 aromatic carbocycles. The van der Waals surface area contributed by atoms with Gasteiger partial charge in [-0.25, -0.2) is 4.79 Å². The fourth-order valence-corrected chi connectivity index (χ4v) is 8.61. The molecule has 0 spiro atoms. The zero-order valence-corrected chi connectivity index (χ0v) is 23.8. The summed E-state index contributed by atoms with van der Waals surface area (Å²) in [5, 5.41) is 43.6. The van der Waals surface area contributed by atoms with Crippen LogP contribution in [0.15, 0.2) is 65.6 Å². The monoisotopic (exact) mass is 620 g/mol. The van der Waals surface area contributed by atoms with Gasteiger partial charge in [-0.2, -0.15) is 8.42 Å². The fraction of sp³-hybridized carbons (Fsp3) is 0.552. The molecule has 232 valence electrons. The van der Waals surface area contributed by atoms with E-state index >= 15 is 0 Å². The van der Waals surface area contributed by atoms with Crippen molar-refractivity contribution in [3.63, 3.8) is 0 Å². The molecule has 11 atom stereocenters. The van der Waals surface area contributed by atoms with Crippen LogP contribution in [-0.2, 0) is 38.0 Å². The maximum atomic E-state index is 12.9. The van der Waals surface area contributed by atoms with Gasteiger partial charge in [0.05, 0.1) is 22.5 Å². The molecule has 5 unspecified atom stereocenters. The molecule has 4 saturated heterocycles. The predicted molar refractivity (Wildman–Crippen MR) is 141 cm³/mol. The van der Waals surface area contributed by atoms with Gasteiger partial charge in [0.1, 0.15) is 42.2 Å². The van der Waals surface area contributed by atoms with E-state index in [1.54, 1.807) is 43.3 Å². The van der Waals surface area contributed by atoms with Crippen LogP contribution in [0.5, 0.6) is 0 Å². The molecule has 9 rings (SSSR count). The topological polar surface area (TPSA) is 188 Å². The molecule has 13 nitrogen and oxygen atoms in total. The van der Waals surface area contributed by atoms with Gasteiger partial charge in [-0.05, 0) is 37.6 Å². The quantitative estimate of drug-likeness (QED) is 0.218. The lowest BCUT2D eigenvalue weighted by atomic mass is 9.41. The number of carbonyl (C=O) groups excluding carboxylic acids is 1. The zero-order valence-electron chi connectivity index (χ0n) is 23.0. The van der Waals surface area contributed by atoms with Gasteiger partial charge in [0.2, 0.25) is 0 Å². The molecule has 3 aliphatic carbocycles. The summed E-state index contributed by atoms with van der Waals surface area (Å²) in [6.45, 7) is 0.789. The Hall–Kier alpha value is -2.50. The predicted octanol–water partition coefficient (Wildman–Crippen LogP) is 0.0557. The summed E-state index contributed by atoms with van der Waals surface area (Å²) >= 11 is 0. The number of aliphatic hydroxyl groups is 4. The first kappa shape index (κ1) is 29.2. The van der Waals surface area contributed by atoms with Gasteiger partial charge < -0.3 is 44.1 Å². The summed E-state index contributed by atoms with van der Waals surface area (Å²) in [6.07, 6.45) is -9.04. The number of benzene rings is 2. The average Bonchev–Trinajstić information content (AvgIpc) is 3.18. The van der Waals surface area contributed by atoms with E-state index in [4.69, 9.17) is 27.9 Å². The zero-order chi connectivity index (χ0) is 30.4. The molecule has 0 radical (unpaired) electrons. The van der Waals surface area contributed by atoms with Crippen LogP contribution in [0.4, 0.5) is 0 Å². The summed E-state index contributed by atoms with van der Waals surface area (Å²) in [5.41, 5.74) is -3.36. The van der Waals surface area contributed by atoms with Crippen molar-refractivity contribution in [2.45, 2.75) is 78.6 Å². The molecule has 0 aromatic heterocycles. The van der Waals surface area contributed by atoms with Gasteiger partial charge in [0.15, 0.2) is 18.4 Å². The van der Waals surface area contributed by atoms with Gasteiger partial charge in [-0.3, -0.25) is 4.18 Å². The Kier molecular flexibility index (Phi) is 6.63. The molecule has 2 aromatic rings. The summed E-state index contributed by atoms with van der Waals surface area (Å²) in [4.78, 5) is 12.8. The number of rotatable bonds is 9. The van der Waals surface area contributed by atoms with Crippen molar-refractivity contribution in [3.05, 3.63) is 66.2 Å². The molecular weight excluding hydrogens is 588 g/mol. The molecule has 14 heteroatoms.